The first kappa shape index (κ1) is 11.9. The van der Waals surface area contributed by atoms with Gasteiger partial charge in [0.25, 0.3) is 0 Å². The molecule has 3 nitrogen and oxygen atoms in total. The molecule has 0 aliphatic heterocycles. The van der Waals surface area contributed by atoms with Gasteiger partial charge in [0.05, 0.1) is 11.4 Å². The van der Waals surface area contributed by atoms with Crippen molar-refractivity contribution in [3.05, 3.63) is 47.8 Å². The van der Waals surface area contributed by atoms with E-state index >= 15 is 0 Å². The number of benzene rings is 1. The van der Waals surface area contributed by atoms with Gasteiger partial charge >= 0.3 is 0 Å². The first-order chi connectivity index (χ1) is 8.20. The molecule has 0 aliphatic carbocycles. The predicted octanol–water partition coefficient (Wildman–Crippen LogP) is 2.85. The standard InChI is InChI=1S/C14H19N3/c1-4-15-12(3)13-5-7-14(8-6-13)17-10-9-11(2)16-17/h5-10,12,15H,4H2,1-3H3. The SMILES string of the molecule is CCNC(C)c1ccc(-n2ccc(C)n2)cc1. The molecule has 0 saturated carbocycles. The molecular formula is C14H19N3. The minimum Gasteiger partial charge on any atom is -0.310 e. The largest absolute Gasteiger partial charge is 0.310 e. The lowest BCUT2D eigenvalue weighted by molar-refractivity contribution is 0.598. The van der Waals surface area contributed by atoms with Crippen molar-refractivity contribution < 1.29 is 0 Å². The topological polar surface area (TPSA) is 29.9 Å². The predicted molar refractivity (Wildman–Crippen MR) is 70.4 cm³/mol. The van der Waals surface area contributed by atoms with E-state index in [1.165, 1.54) is 5.56 Å². The highest BCUT2D eigenvalue weighted by molar-refractivity contribution is 5.35. The summed E-state index contributed by atoms with van der Waals surface area (Å²) >= 11 is 0. The fraction of sp³-hybridized carbons (Fsp3) is 0.357. The molecule has 2 rings (SSSR count). The highest BCUT2D eigenvalue weighted by Gasteiger charge is 2.04. The molecule has 90 valence electrons. The maximum absolute atomic E-state index is 4.39. The minimum atomic E-state index is 0.397. The number of hydrogen-bond acceptors (Lipinski definition) is 2. The quantitative estimate of drug-likeness (QED) is 0.873. The minimum absolute atomic E-state index is 0.397. The summed E-state index contributed by atoms with van der Waals surface area (Å²) in [6.07, 6.45) is 1.98. The average Bonchev–Trinajstić information content (AvgIpc) is 2.76. The summed E-state index contributed by atoms with van der Waals surface area (Å²) in [4.78, 5) is 0. The highest BCUT2D eigenvalue weighted by atomic mass is 15.3. The maximum atomic E-state index is 4.39. The smallest absolute Gasteiger partial charge is 0.0645 e. The van der Waals surface area contributed by atoms with Gasteiger partial charge in [-0.15, -0.1) is 0 Å². The van der Waals surface area contributed by atoms with Crippen LogP contribution in [0.2, 0.25) is 0 Å². The molecule has 1 N–H and O–H groups in total. The van der Waals surface area contributed by atoms with Crippen LogP contribution in [0.15, 0.2) is 36.5 Å². The molecule has 17 heavy (non-hydrogen) atoms. The van der Waals surface area contributed by atoms with E-state index in [4.69, 9.17) is 0 Å². The van der Waals surface area contributed by atoms with Gasteiger partial charge in [0.2, 0.25) is 0 Å². The van der Waals surface area contributed by atoms with E-state index in [2.05, 4.69) is 48.5 Å². The third-order valence-corrected chi connectivity index (χ3v) is 2.89. The first-order valence-corrected chi connectivity index (χ1v) is 6.06. The van der Waals surface area contributed by atoms with Crippen LogP contribution in [0.1, 0.15) is 31.1 Å². The van der Waals surface area contributed by atoms with Gasteiger partial charge in [-0.3, -0.25) is 0 Å². The Balaban J connectivity index is 2.18. The van der Waals surface area contributed by atoms with Crippen LogP contribution >= 0.6 is 0 Å². The zero-order valence-corrected chi connectivity index (χ0v) is 10.6. The van der Waals surface area contributed by atoms with Gasteiger partial charge in [0, 0.05) is 12.2 Å². The van der Waals surface area contributed by atoms with Crippen LogP contribution in [-0.2, 0) is 0 Å². The van der Waals surface area contributed by atoms with Gasteiger partial charge in [-0.2, -0.15) is 5.10 Å². The number of hydrogen-bond donors (Lipinski definition) is 1. The molecule has 0 saturated heterocycles. The molecule has 0 spiro atoms. The molecule has 1 aromatic carbocycles. The molecule has 0 fully saturated rings. The van der Waals surface area contributed by atoms with Gasteiger partial charge in [0.15, 0.2) is 0 Å². The first-order valence-electron chi connectivity index (χ1n) is 6.06. The molecule has 0 aliphatic rings. The maximum Gasteiger partial charge on any atom is 0.0645 e. The summed E-state index contributed by atoms with van der Waals surface area (Å²) in [5.41, 5.74) is 3.44. The Bertz CT molecular complexity index is 470. The van der Waals surface area contributed by atoms with Gasteiger partial charge in [-0.25, -0.2) is 4.68 Å². The molecule has 3 heteroatoms. The van der Waals surface area contributed by atoms with E-state index in [9.17, 15) is 0 Å². The highest BCUT2D eigenvalue weighted by Crippen LogP contribution is 2.15. The van der Waals surface area contributed by atoms with E-state index < -0.39 is 0 Å². The fourth-order valence-electron chi connectivity index (χ4n) is 1.90. The molecule has 1 aromatic heterocycles. The second-order valence-corrected chi connectivity index (χ2v) is 4.27. The van der Waals surface area contributed by atoms with Crippen molar-refractivity contribution in [3.8, 4) is 5.69 Å². The lowest BCUT2D eigenvalue weighted by Gasteiger charge is -2.13. The fourth-order valence-corrected chi connectivity index (χ4v) is 1.90. The third-order valence-electron chi connectivity index (χ3n) is 2.89. The number of nitrogens with zero attached hydrogens (tertiary/aromatic N) is 2. The van der Waals surface area contributed by atoms with Crippen molar-refractivity contribution in [2.45, 2.75) is 26.8 Å². The van der Waals surface area contributed by atoms with E-state index in [1.807, 2.05) is 23.9 Å². The van der Waals surface area contributed by atoms with Crippen LogP contribution in [-0.4, -0.2) is 16.3 Å². The normalized spacial score (nSPS) is 12.6. The molecule has 0 radical (unpaired) electrons. The molecule has 2 aromatic rings. The molecule has 1 heterocycles. The van der Waals surface area contributed by atoms with Crippen molar-refractivity contribution in [1.82, 2.24) is 15.1 Å². The number of rotatable bonds is 4. The molecule has 0 bridgehead atoms. The van der Waals surface area contributed by atoms with Crippen molar-refractivity contribution >= 4 is 0 Å². The number of nitrogens with one attached hydrogen (secondary N) is 1. The zero-order valence-electron chi connectivity index (χ0n) is 10.6. The van der Waals surface area contributed by atoms with Crippen LogP contribution < -0.4 is 5.32 Å². The number of aryl methyl sites for hydroxylation is 1. The van der Waals surface area contributed by atoms with Crippen LogP contribution in [0.4, 0.5) is 0 Å². The monoisotopic (exact) mass is 229 g/mol. The Morgan fingerprint density at radius 3 is 2.47 bits per heavy atom. The van der Waals surface area contributed by atoms with Crippen molar-refractivity contribution in [2.24, 2.45) is 0 Å². The Labute approximate surface area is 102 Å². The van der Waals surface area contributed by atoms with E-state index in [0.29, 0.717) is 6.04 Å². The average molecular weight is 229 g/mol. The van der Waals surface area contributed by atoms with Crippen molar-refractivity contribution in [1.29, 1.82) is 0 Å². The van der Waals surface area contributed by atoms with E-state index in [-0.39, 0.29) is 0 Å². The summed E-state index contributed by atoms with van der Waals surface area (Å²) < 4.78 is 1.90. The summed E-state index contributed by atoms with van der Waals surface area (Å²) in [6, 6.07) is 10.9. The molecule has 0 amide bonds. The third kappa shape index (κ3) is 2.74. The second kappa shape index (κ2) is 5.15. The van der Waals surface area contributed by atoms with Crippen LogP contribution in [0.3, 0.4) is 0 Å². The van der Waals surface area contributed by atoms with Crippen molar-refractivity contribution in [3.63, 3.8) is 0 Å². The Morgan fingerprint density at radius 2 is 1.94 bits per heavy atom. The summed E-state index contributed by atoms with van der Waals surface area (Å²) in [5, 5.41) is 7.80. The second-order valence-electron chi connectivity index (χ2n) is 4.27. The van der Waals surface area contributed by atoms with Crippen LogP contribution in [0.25, 0.3) is 5.69 Å². The zero-order chi connectivity index (χ0) is 12.3. The van der Waals surface area contributed by atoms with Gasteiger partial charge < -0.3 is 5.32 Å². The lowest BCUT2D eigenvalue weighted by Crippen LogP contribution is -2.17. The summed E-state index contributed by atoms with van der Waals surface area (Å²) in [7, 11) is 0. The van der Waals surface area contributed by atoms with Gasteiger partial charge in [-0.1, -0.05) is 19.1 Å². The Morgan fingerprint density at radius 1 is 1.24 bits per heavy atom. The van der Waals surface area contributed by atoms with Gasteiger partial charge in [0.1, 0.15) is 0 Å². The van der Waals surface area contributed by atoms with E-state index in [1.54, 1.807) is 0 Å². The molecule has 1 atom stereocenters. The molecule has 1 unspecified atom stereocenters. The van der Waals surface area contributed by atoms with Crippen LogP contribution in [0.5, 0.6) is 0 Å². The van der Waals surface area contributed by atoms with Crippen LogP contribution in [0, 0.1) is 6.92 Å². The lowest BCUT2D eigenvalue weighted by atomic mass is 10.1. The van der Waals surface area contributed by atoms with Gasteiger partial charge in [-0.05, 0) is 44.2 Å². The van der Waals surface area contributed by atoms with E-state index in [0.717, 1.165) is 17.9 Å². The Hall–Kier alpha value is -1.61. The van der Waals surface area contributed by atoms with Crippen molar-refractivity contribution in [2.75, 3.05) is 6.54 Å². The molecular weight excluding hydrogens is 210 g/mol. The summed E-state index contributed by atoms with van der Waals surface area (Å²) in [5.74, 6) is 0. The summed E-state index contributed by atoms with van der Waals surface area (Å²) in [6.45, 7) is 7.29. The number of aromatic nitrogens is 2. The Kier molecular flexibility index (Phi) is 3.59.